The summed E-state index contributed by atoms with van der Waals surface area (Å²) in [6.45, 7) is 6.26. The normalized spacial score (nSPS) is 9.92. The summed E-state index contributed by atoms with van der Waals surface area (Å²) in [4.78, 5) is 0. The van der Waals surface area contributed by atoms with Gasteiger partial charge in [0.15, 0.2) is 0 Å². The zero-order chi connectivity index (χ0) is 8.10. The summed E-state index contributed by atoms with van der Waals surface area (Å²) < 4.78 is 5.15. The van der Waals surface area contributed by atoms with Gasteiger partial charge in [-0.2, -0.15) is 0 Å². The average Bonchev–Trinajstić information content (AvgIpc) is 2.39. The smallest absolute Gasteiger partial charge is 0.117 e. The summed E-state index contributed by atoms with van der Waals surface area (Å²) in [5, 5.41) is 3.29. The van der Waals surface area contributed by atoms with E-state index in [1.807, 2.05) is 12.1 Å². The first kappa shape index (κ1) is 11.5. The predicted molar refractivity (Wildman–Crippen MR) is 52.5 cm³/mol. The van der Waals surface area contributed by atoms with E-state index in [0.717, 1.165) is 18.8 Å². The van der Waals surface area contributed by atoms with Gasteiger partial charge >= 0.3 is 0 Å². The highest BCUT2D eigenvalue weighted by molar-refractivity contribution is 5.85. The van der Waals surface area contributed by atoms with E-state index in [1.54, 1.807) is 6.26 Å². The van der Waals surface area contributed by atoms with Gasteiger partial charge in [0.05, 0.1) is 12.8 Å². The molecule has 0 amide bonds. The zero-order valence-electron chi connectivity index (χ0n) is 7.54. The highest BCUT2D eigenvalue weighted by Gasteiger charge is 1.95. The molecule has 0 aliphatic rings. The first-order valence-corrected chi connectivity index (χ1v) is 4.02. The van der Waals surface area contributed by atoms with Crippen molar-refractivity contribution in [1.29, 1.82) is 0 Å². The predicted octanol–water partition coefficient (Wildman–Crippen LogP) is 2.45. The molecular weight excluding hydrogens is 174 g/mol. The van der Waals surface area contributed by atoms with E-state index in [-0.39, 0.29) is 12.4 Å². The monoisotopic (exact) mass is 189 g/mol. The number of hydrogen-bond acceptors (Lipinski definition) is 2. The van der Waals surface area contributed by atoms with Crippen LogP contribution in [0.5, 0.6) is 0 Å². The van der Waals surface area contributed by atoms with Crippen molar-refractivity contribution in [3.05, 3.63) is 24.2 Å². The van der Waals surface area contributed by atoms with Gasteiger partial charge in [-0.25, -0.2) is 0 Å². The van der Waals surface area contributed by atoms with Crippen LogP contribution in [0.15, 0.2) is 22.8 Å². The largest absolute Gasteiger partial charge is 0.468 e. The van der Waals surface area contributed by atoms with Gasteiger partial charge < -0.3 is 9.73 Å². The fraction of sp³-hybridized carbons (Fsp3) is 0.556. The van der Waals surface area contributed by atoms with Crippen molar-refractivity contribution in [2.45, 2.75) is 20.4 Å². The first-order chi connectivity index (χ1) is 5.29. The van der Waals surface area contributed by atoms with Crippen molar-refractivity contribution in [3.63, 3.8) is 0 Å². The van der Waals surface area contributed by atoms with Crippen molar-refractivity contribution in [2.24, 2.45) is 5.92 Å². The fourth-order valence-corrected chi connectivity index (χ4v) is 0.897. The molecule has 0 aromatic carbocycles. The maximum absolute atomic E-state index is 5.15. The Bertz CT molecular complexity index is 184. The Hall–Kier alpha value is -0.470. The van der Waals surface area contributed by atoms with Gasteiger partial charge in [-0.15, -0.1) is 12.4 Å². The van der Waals surface area contributed by atoms with Crippen molar-refractivity contribution in [1.82, 2.24) is 5.32 Å². The minimum Gasteiger partial charge on any atom is -0.468 e. The van der Waals surface area contributed by atoms with Gasteiger partial charge in [-0.05, 0) is 24.6 Å². The number of rotatable bonds is 4. The van der Waals surface area contributed by atoms with Crippen molar-refractivity contribution in [3.8, 4) is 0 Å². The van der Waals surface area contributed by atoms with E-state index in [4.69, 9.17) is 4.42 Å². The van der Waals surface area contributed by atoms with E-state index in [1.165, 1.54) is 0 Å². The first-order valence-electron chi connectivity index (χ1n) is 4.02. The number of nitrogens with one attached hydrogen (secondary N) is 1. The molecule has 0 aliphatic carbocycles. The van der Waals surface area contributed by atoms with E-state index < -0.39 is 0 Å². The van der Waals surface area contributed by atoms with Crippen LogP contribution in [-0.2, 0) is 6.54 Å². The van der Waals surface area contributed by atoms with E-state index >= 15 is 0 Å². The SMILES string of the molecule is CC(C)CNCc1ccco1.Cl. The Morgan fingerprint density at radius 1 is 1.50 bits per heavy atom. The average molecular weight is 190 g/mol. The van der Waals surface area contributed by atoms with Crippen molar-refractivity contribution < 1.29 is 4.42 Å². The fourth-order valence-electron chi connectivity index (χ4n) is 0.897. The van der Waals surface area contributed by atoms with Gasteiger partial charge in [-0.1, -0.05) is 13.8 Å². The zero-order valence-corrected chi connectivity index (χ0v) is 8.36. The van der Waals surface area contributed by atoms with E-state index in [0.29, 0.717) is 5.92 Å². The number of furan rings is 1. The van der Waals surface area contributed by atoms with Crippen molar-refractivity contribution in [2.75, 3.05) is 6.54 Å². The molecule has 0 atom stereocenters. The number of hydrogen-bond donors (Lipinski definition) is 1. The molecule has 1 aromatic rings. The summed E-state index contributed by atoms with van der Waals surface area (Å²) in [5.41, 5.74) is 0. The second kappa shape index (κ2) is 6.09. The van der Waals surface area contributed by atoms with Crippen LogP contribution in [-0.4, -0.2) is 6.54 Å². The molecule has 2 nitrogen and oxygen atoms in total. The molecule has 0 saturated heterocycles. The van der Waals surface area contributed by atoms with Crippen LogP contribution in [0, 0.1) is 5.92 Å². The van der Waals surface area contributed by atoms with Crippen LogP contribution in [0.3, 0.4) is 0 Å². The second-order valence-electron chi connectivity index (χ2n) is 3.10. The Morgan fingerprint density at radius 2 is 2.25 bits per heavy atom. The van der Waals surface area contributed by atoms with Gasteiger partial charge in [0.25, 0.3) is 0 Å². The van der Waals surface area contributed by atoms with Crippen LogP contribution < -0.4 is 5.32 Å². The van der Waals surface area contributed by atoms with Crippen LogP contribution in [0.1, 0.15) is 19.6 Å². The molecule has 3 heteroatoms. The van der Waals surface area contributed by atoms with Crippen LogP contribution in [0.4, 0.5) is 0 Å². The minimum absolute atomic E-state index is 0. The second-order valence-corrected chi connectivity index (χ2v) is 3.10. The lowest BCUT2D eigenvalue weighted by Crippen LogP contribution is -2.18. The molecule has 1 heterocycles. The molecule has 0 bridgehead atoms. The number of halogens is 1. The lowest BCUT2D eigenvalue weighted by molar-refractivity contribution is 0.464. The molecule has 70 valence electrons. The minimum atomic E-state index is 0. The van der Waals surface area contributed by atoms with E-state index in [2.05, 4.69) is 19.2 Å². The van der Waals surface area contributed by atoms with Crippen LogP contribution in [0.2, 0.25) is 0 Å². The summed E-state index contributed by atoms with van der Waals surface area (Å²) in [6, 6.07) is 3.89. The van der Waals surface area contributed by atoms with Crippen molar-refractivity contribution >= 4 is 12.4 Å². The molecule has 0 spiro atoms. The maximum Gasteiger partial charge on any atom is 0.117 e. The summed E-state index contributed by atoms with van der Waals surface area (Å²) in [7, 11) is 0. The molecule has 0 fully saturated rings. The van der Waals surface area contributed by atoms with Gasteiger partial charge in [0.2, 0.25) is 0 Å². The van der Waals surface area contributed by atoms with Gasteiger partial charge in [-0.3, -0.25) is 0 Å². The summed E-state index contributed by atoms with van der Waals surface area (Å²) in [6.07, 6.45) is 1.70. The molecule has 0 radical (unpaired) electrons. The third-order valence-electron chi connectivity index (χ3n) is 1.43. The molecular formula is C9H16ClNO. The highest BCUT2D eigenvalue weighted by atomic mass is 35.5. The molecule has 1 aromatic heterocycles. The van der Waals surface area contributed by atoms with Gasteiger partial charge in [0, 0.05) is 0 Å². The molecule has 12 heavy (non-hydrogen) atoms. The Morgan fingerprint density at radius 3 is 2.75 bits per heavy atom. The third kappa shape index (κ3) is 4.42. The lowest BCUT2D eigenvalue weighted by Gasteiger charge is -2.04. The molecule has 0 aliphatic heterocycles. The van der Waals surface area contributed by atoms with E-state index in [9.17, 15) is 0 Å². The molecule has 1 N–H and O–H groups in total. The summed E-state index contributed by atoms with van der Waals surface area (Å²) in [5.74, 6) is 1.70. The molecule has 0 saturated carbocycles. The maximum atomic E-state index is 5.15. The highest BCUT2D eigenvalue weighted by Crippen LogP contribution is 1.98. The topological polar surface area (TPSA) is 25.2 Å². The van der Waals surface area contributed by atoms with Gasteiger partial charge in [0.1, 0.15) is 5.76 Å². The lowest BCUT2D eigenvalue weighted by atomic mass is 10.2. The van der Waals surface area contributed by atoms with Crippen LogP contribution >= 0.6 is 12.4 Å². The Labute approximate surface area is 79.8 Å². The Balaban J connectivity index is 0.00000121. The quantitative estimate of drug-likeness (QED) is 0.787. The van der Waals surface area contributed by atoms with Crippen LogP contribution in [0.25, 0.3) is 0 Å². The third-order valence-corrected chi connectivity index (χ3v) is 1.43. The summed E-state index contributed by atoms with van der Waals surface area (Å²) >= 11 is 0. The molecule has 1 rings (SSSR count). The Kier molecular flexibility index (Phi) is 5.85. The molecule has 0 unspecified atom stereocenters. The standard InChI is InChI=1S/C9H15NO.ClH/c1-8(2)6-10-7-9-4-3-5-11-9;/h3-5,8,10H,6-7H2,1-2H3;1H.